The number of carbonyl (C=O) groups excluding carboxylic acids is 4. The summed E-state index contributed by atoms with van der Waals surface area (Å²) < 4.78 is 93.2. The molecular weight excluding hydrogens is 1340 g/mol. The quantitative estimate of drug-likeness (QED) is 0.0150. The minimum Gasteiger partial charge on any atom is -0.744 e. The van der Waals surface area contributed by atoms with Gasteiger partial charge in [0.1, 0.15) is 20.2 Å². The number of benzene rings is 2. The molecule has 0 aromatic heterocycles. The van der Waals surface area contributed by atoms with Gasteiger partial charge in [-0.15, -0.1) is 26.3 Å². The van der Waals surface area contributed by atoms with Crippen molar-refractivity contribution in [3.8, 4) is 0 Å². The molecule has 0 saturated carbocycles. The van der Waals surface area contributed by atoms with E-state index in [1.807, 2.05) is 24.3 Å². The van der Waals surface area contributed by atoms with Gasteiger partial charge in [0.2, 0.25) is 0 Å². The van der Waals surface area contributed by atoms with Crippen LogP contribution >= 0.6 is 0 Å². The van der Waals surface area contributed by atoms with E-state index in [-0.39, 0.29) is 75.3 Å². The average Bonchev–Trinajstić information content (AvgIpc) is 0.800. The van der Waals surface area contributed by atoms with E-state index in [4.69, 9.17) is 18.9 Å². The Kier molecular flexibility index (Phi) is 66.9. The summed E-state index contributed by atoms with van der Waals surface area (Å²) in [6, 6.07) is 7.22. The number of esters is 4. The van der Waals surface area contributed by atoms with Gasteiger partial charge in [0.05, 0.1) is 58.5 Å². The summed E-state index contributed by atoms with van der Waals surface area (Å²) in [5.74, 6) is -3.63. The first-order valence-electron chi connectivity index (χ1n) is 39.9. The summed E-state index contributed by atoms with van der Waals surface area (Å²) >= 11 is 0. The molecule has 0 aliphatic rings. The minimum absolute atomic E-state index is 0. The average molecular weight is 1480 g/mol. The Bertz CT molecular complexity index is 2480. The molecule has 0 heterocycles. The molecule has 14 nitrogen and oxygen atoms in total. The number of hydrogen-bond acceptors (Lipinski definition) is 14. The summed E-state index contributed by atoms with van der Waals surface area (Å²) in [4.78, 5) is 50.2. The summed E-state index contributed by atoms with van der Waals surface area (Å²) in [6.07, 6.45) is 73.6. The fourth-order valence-electron chi connectivity index (χ4n) is 12.5. The van der Waals surface area contributed by atoms with Crippen molar-refractivity contribution in [3.63, 3.8) is 0 Å². The molecule has 572 valence electrons. The van der Waals surface area contributed by atoms with E-state index in [0.29, 0.717) is 25.7 Å². The molecule has 0 radical (unpaired) electrons. The molecule has 0 bridgehead atoms. The minimum atomic E-state index is -5.01. The zero-order valence-electron chi connectivity index (χ0n) is 63.3. The van der Waals surface area contributed by atoms with Crippen molar-refractivity contribution in [3.05, 3.63) is 109 Å². The number of carbonyl (C=O) groups is 4. The first kappa shape index (κ1) is 97.4. The van der Waals surface area contributed by atoms with Gasteiger partial charge in [0.15, 0.2) is 0 Å². The van der Waals surface area contributed by atoms with E-state index in [2.05, 4.69) is 26.3 Å². The Balaban J connectivity index is 0.00000196. The number of rotatable bonds is 70. The standard InChI is InChI=1S/2C42H70O7S.Ca/c2*1-3-5-7-9-11-13-15-17-19-21-23-25-27-29-31-36-48-41(43)38-34-33-35-39(50(45,46)47)40(38)42(44)49-37-32-30-28-26-24-22-20-18-16-14-12-10-8-6-4-2;/h2*3-4,33-35H,1-2,5-32,36-37H2,(H,45,46,47);/q;;+2/p-2. The van der Waals surface area contributed by atoms with Crippen molar-refractivity contribution >= 4 is 81.9 Å². The molecule has 0 fully saturated rings. The first-order chi connectivity index (χ1) is 48.6. The van der Waals surface area contributed by atoms with E-state index in [0.717, 1.165) is 115 Å². The number of ether oxygens (including phenoxy) is 4. The molecule has 2 aromatic rings. The molecule has 17 heteroatoms. The summed E-state index contributed by atoms with van der Waals surface area (Å²) in [5, 5.41) is 0. The van der Waals surface area contributed by atoms with Crippen molar-refractivity contribution in [2.75, 3.05) is 26.4 Å². The second-order valence-corrected chi connectivity index (χ2v) is 30.2. The third-order valence-corrected chi connectivity index (χ3v) is 20.3. The summed E-state index contributed by atoms with van der Waals surface area (Å²) in [6.45, 7) is 15.6. The fraction of sp³-hybridized carbons (Fsp3) is 0.714. The van der Waals surface area contributed by atoms with Crippen LogP contribution in [0.4, 0.5) is 0 Å². The van der Waals surface area contributed by atoms with Crippen LogP contribution in [0.3, 0.4) is 0 Å². The van der Waals surface area contributed by atoms with Crippen LogP contribution in [0.5, 0.6) is 0 Å². The second-order valence-electron chi connectivity index (χ2n) is 27.5. The Labute approximate surface area is 645 Å². The molecule has 0 unspecified atom stereocenters. The van der Waals surface area contributed by atoms with Crippen molar-refractivity contribution < 1.29 is 64.1 Å². The van der Waals surface area contributed by atoms with Crippen molar-refractivity contribution in [2.45, 2.75) is 369 Å². The Morgan fingerprint density at radius 1 is 0.267 bits per heavy atom. The predicted octanol–water partition coefficient (Wildman–Crippen LogP) is 24.0. The van der Waals surface area contributed by atoms with E-state index < -0.39 is 65.0 Å². The van der Waals surface area contributed by atoms with Gasteiger partial charge >= 0.3 is 61.6 Å². The zero-order valence-corrected chi connectivity index (χ0v) is 67.1. The predicted molar refractivity (Wildman–Crippen MR) is 415 cm³/mol. The number of unbranched alkanes of at least 4 members (excludes halogenated alkanes) is 52. The smallest absolute Gasteiger partial charge is 0.744 e. The van der Waals surface area contributed by atoms with Crippen LogP contribution in [0.15, 0.2) is 96.8 Å². The topological polar surface area (TPSA) is 220 Å². The third kappa shape index (κ3) is 55.5. The van der Waals surface area contributed by atoms with Gasteiger partial charge in [-0.3, -0.25) is 0 Å². The van der Waals surface area contributed by atoms with Crippen molar-refractivity contribution in [1.29, 1.82) is 0 Å². The molecule has 2 aromatic carbocycles. The van der Waals surface area contributed by atoms with Crippen LogP contribution in [0, 0.1) is 0 Å². The van der Waals surface area contributed by atoms with Crippen LogP contribution < -0.4 is 0 Å². The summed E-state index contributed by atoms with van der Waals surface area (Å²) in [7, 11) is -10.0. The molecule has 0 amide bonds. The third-order valence-electron chi connectivity index (χ3n) is 18.6. The van der Waals surface area contributed by atoms with E-state index in [1.54, 1.807) is 0 Å². The number of allylic oxidation sites excluding steroid dienone is 4. The van der Waals surface area contributed by atoms with Crippen LogP contribution in [-0.2, 0) is 39.2 Å². The molecule has 0 spiro atoms. The second kappa shape index (κ2) is 69.4. The maximum Gasteiger partial charge on any atom is 2.00 e. The van der Waals surface area contributed by atoms with Crippen molar-refractivity contribution in [2.24, 2.45) is 0 Å². The first-order valence-corrected chi connectivity index (χ1v) is 42.8. The maximum absolute atomic E-state index is 13.0. The molecule has 0 aliphatic heterocycles. The Morgan fingerprint density at radius 2 is 0.426 bits per heavy atom. The van der Waals surface area contributed by atoms with Gasteiger partial charge in [-0.2, -0.15) is 0 Å². The Hall–Kier alpha value is -3.64. The monoisotopic (exact) mass is 1470 g/mol. The van der Waals surface area contributed by atoms with Crippen LogP contribution in [0.2, 0.25) is 0 Å². The SMILES string of the molecule is C=CCCCCCCCCCCCCCCCOC(=O)c1cccc(S(=O)(=O)[O-])c1C(=O)OCCCCCCCCCCCCCCCC=C.C=CCCCCCCCCCCCCCCCOC(=O)c1cccc(S(=O)(=O)[O-])c1C(=O)OCCCCCCCCCCCCCCCC=C.[Ca+2]. The Morgan fingerprint density at radius 3 is 0.594 bits per heavy atom. The zero-order chi connectivity index (χ0) is 73.1. The van der Waals surface area contributed by atoms with Crippen LogP contribution in [0.1, 0.15) is 401 Å². The summed E-state index contributed by atoms with van der Waals surface area (Å²) in [5.41, 5.74) is -1.57. The normalized spacial score (nSPS) is 11.3. The van der Waals surface area contributed by atoms with Gasteiger partial charge in [0.25, 0.3) is 0 Å². The molecule has 0 atom stereocenters. The van der Waals surface area contributed by atoms with Crippen molar-refractivity contribution in [1.82, 2.24) is 0 Å². The number of hydrogen-bond donors (Lipinski definition) is 0. The van der Waals surface area contributed by atoms with Crippen LogP contribution in [0.25, 0.3) is 0 Å². The van der Waals surface area contributed by atoms with Gasteiger partial charge in [-0.1, -0.05) is 319 Å². The van der Waals surface area contributed by atoms with E-state index in [9.17, 15) is 45.1 Å². The molecular formula is C84H138CaO14S2. The van der Waals surface area contributed by atoms with Crippen LogP contribution in [-0.4, -0.2) is 114 Å². The molecule has 0 saturated heterocycles. The van der Waals surface area contributed by atoms with Gasteiger partial charge in [-0.25, -0.2) is 36.0 Å². The molecule has 2 rings (SSSR count). The van der Waals surface area contributed by atoms with Gasteiger partial charge < -0.3 is 28.1 Å². The molecule has 0 N–H and O–H groups in total. The maximum atomic E-state index is 13.0. The fourth-order valence-corrected chi connectivity index (χ4v) is 13.9. The van der Waals surface area contributed by atoms with Gasteiger partial charge in [0, 0.05) is 0 Å². The van der Waals surface area contributed by atoms with E-state index >= 15 is 0 Å². The van der Waals surface area contributed by atoms with E-state index in [1.165, 1.54) is 255 Å². The molecule has 101 heavy (non-hydrogen) atoms. The largest absolute Gasteiger partial charge is 2.00 e. The molecule has 0 aliphatic carbocycles. The van der Waals surface area contributed by atoms with Gasteiger partial charge in [-0.05, 0) is 101 Å².